The Morgan fingerprint density at radius 2 is 1.74 bits per heavy atom. The van der Waals surface area contributed by atoms with Crippen LogP contribution in [0.3, 0.4) is 0 Å². The predicted octanol–water partition coefficient (Wildman–Crippen LogP) is 6.14. The van der Waals surface area contributed by atoms with Gasteiger partial charge < -0.3 is 14.5 Å². The van der Waals surface area contributed by atoms with Gasteiger partial charge in [-0.2, -0.15) is 0 Å². The van der Waals surface area contributed by atoms with Gasteiger partial charge in [0.15, 0.2) is 0 Å². The van der Waals surface area contributed by atoms with Crippen LogP contribution in [0.5, 0.6) is 0 Å². The molecule has 0 spiro atoms. The zero-order valence-electron chi connectivity index (χ0n) is 21.2. The lowest BCUT2D eigenvalue weighted by molar-refractivity contribution is -0.137. The second-order valence-electron chi connectivity index (χ2n) is 9.09. The van der Waals surface area contributed by atoms with Crippen LogP contribution >= 0.6 is 0 Å². The maximum absolute atomic E-state index is 12.3. The van der Waals surface area contributed by atoms with Gasteiger partial charge in [0.2, 0.25) is 0 Å². The highest BCUT2D eigenvalue weighted by Gasteiger charge is 2.33. The van der Waals surface area contributed by atoms with Gasteiger partial charge in [0.1, 0.15) is 6.17 Å². The van der Waals surface area contributed by atoms with Gasteiger partial charge in [0.25, 0.3) is 0 Å². The normalized spacial score (nSPS) is 17.5. The van der Waals surface area contributed by atoms with Crippen LogP contribution in [0, 0.1) is 0 Å². The van der Waals surface area contributed by atoms with E-state index >= 15 is 0 Å². The molecule has 2 aromatic carbocycles. The molecule has 0 amide bonds. The lowest BCUT2D eigenvalue weighted by Crippen LogP contribution is -2.31. The van der Waals surface area contributed by atoms with Crippen molar-refractivity contribution in [3.05, 3.63) is 101 Å². The summed E-state index contributed by atoms with van der Waals surface area (Å²) in [5.74, 6) is -0.326. The van der Waals surface area contributed by atoms with Crippen molar-refractivity contribution in [1.82, 2.24) is 9.80 Å². The van der Waals surface area contributed by atoms with Crippen LogP contribution in [-0.2, 0) is 16.1 Å². The lowest BCUT2D eigenvalue weighted by atomic mass is 9.96. The van der Waals surface area contributed by atoms with E-state index in [1.54, 1.807) is 6.08 Å². The largest absolute Gasteiger partial charge is 0.463 e. The molecule has 2 aliphatic rings. The number of benzene rings is 2. The minimum atomic E-state index is -0.326. The summed E-state index contributed by atoms with van der Waals surface area (Å²) in [6, 6.07) is 18.5. The first-order valence-corrected chi connectivity index (χ1v) is 12.5. The Hall–Kier alpha value is -3.60. The van der Waals surface area contributed by atoms with Crippen molar-refractivity contribution < 1.29 is 9.53 Å². The smallest absolute Gasteiger partial charge is 0.331 e. The van der Waals surface area contributed by atoms with Crippen LogP contribution in [0.25, 0.3) is 5.57 Å². The standard InChI is InChI=1S/C30H35N3O2/c1-5-7-13-28-31-30-22(3)19-32(4)21-27(30)33(28)20-23-14-16-25(17-15-23)26(18-29(34)35-6-2)24-11-9-8-10-12-24/h8-12,14-19,21,28H,5-7,13,20H2,1-4H3. The molecule has 1 atom stereocenters. The van der Waals surface area contributed by atoms with Crippen molar-refractivity contribution in [2.24, 2.45) is 4.99 Å². The molecule has 1 unspecified atom stereocenters. The van der Waals surface area contributed by atoms with Gasteiger partial charge in [-0.3, -0.25) is 4.99 Å². The molecule has 0 radical (unpaired) electrons. The average molecular weight is 470 g/mol. The van der Waals surface area contributed by atoms with E-state index in [1.165, 1.54) is 16.8 Å². The van der Waals surface area contributed by atoms with E-state index in [0.29, 0.717) is 6.61 Å². The molecule has 0 bridgehead atoms. The molecule has 4 rings (SSSR count). The van der Waals surface area contributed by atoms with Gasteiger partial charge in [-0.05, 0) is 54.5 Å². The maximum atomic E-state index is 12.3. The van der Waals surface area contributed by atoms with Crippen LogP contribution in [0.1, 0.15) is 56.7 Å². The fourth-order valence-corrected chi connectivity index (χ4v) is 4.65. The van der Waals surface area contributed by atoms with Crippen LogP contribution < -0.4 is 0 Å². The summed E-state index contributed by atoms with van der Waals surface area (Å²) < 4.78 is 5.19. The summed E-state index contributed by atoms with van der Waals surface area (Å²) in [7, 11) is 2.07. The summed E-state index contributed by atoms with van der Waals surface area (Å²) in [4.78, 5) is 21.9. The van der Waals surface area contributed by atoms with E-state index in [9.17, 15) is 4.79 Å². The molecule has 0 aromatic heterocycles. The van der Waals surface area contributed by atoms with E-state index in [4.69, 9.17) is 9.73 Å². The van der Waals surface area contributed by atoms with Gasteiger partial charge in [0, 0.05) is 32.1 Å². The van der Waals surface area contributed by atoms with Crippen molar-refractivity contribution in [3.63, 3.8) is 0 Å². The lowest BCUT2D eigenvalue weighted by Gasteiger charge is -2.29. The summed E-state index contributed by atoms with van der Waals surface area (Å²) in [6.45, 7) is 7.33. The van der Waals surface area contributed by atoms with Gasteiger partial charge in [0.05, 0.1) is 18.0 Å². The number of hydrogen-bond donors (Lipinski definition) is 0. The van der Waals surface area contributed by atoms with Gasteiger partial charge in [-0.1, -0.05) is 67.9 Å². The molecule has 5 nitrogen and oxygen atoms in total. The number of fused-ring (bicyclic) bond motifs is 1. The second kappa shape index (κ2) is 11.2. The Balaban J connectivity index is 1.59. The molecule has 0 saturated heterocycles. The Morgan fingerprint density at radius 3 is 2.43 bits per heavy atom. The molecule has 2 aromatic rings. The van der Waals surface area contributed by atoms with Crippen molar-refractivity contribution in [3.8, 4) is 0 Å². The Morgan fingerprint density at radius 1 is 1.03 bits per heavy atom. The topological polar surface area (TPSA) is 45.1 Å². The first-order chi connectivity index (χ1) is 17.0. The van der Waals surface area contributed by atoms with E-state index in [-0.39, 0.29) is 12.1 Å². The van der Waals surface area contributed by atoms with Gasteiger partial charge in [-0.25, -0.2) is 4.79 Å². The zero-order chi connectivity index (χ0) is 24.8. The molecule has 5 heteroatoms. The molecule has 0 saturated carbocycles. The monoisotopic (exact) mass is 469 g/mol. The molecular formula is C30H35N3O2. The third-order valence-corrected chi connectivity index (χ3v) is 6.35. The highest BCUT2D eigenvalue weighted by atomic mass is 16.5. The number of carbonyl (C=O) groups is 1. The predicted molar refractivity (Wildman–Crippen MR) is 142 cm³/mol. The third-order valence-electron chi connectivity index (χ3n) is 6.35. The number of allylic oxidation sites excluding steroid dienone is 1. The van der Waals surface area contributed by atoms with E-state index in [2.05, 4.69) is 67.4 Å². The van der Waals surface area contributed by atoms with Crippen molar-refractivity contribution >= 4 is 17.3 Å². The molecular weight excluding hydrogens is 434 g/mol. The summed E-state index contributed by atoms with van der Waals surface area (Å²) >= 11 is 0. The van der Waals surface area contributed by atoms with E-state index in [1.807, 2.05) is 37.3 Å². The van der Waals surface area contributed by atoms with Crippen LogP contribution in [0.15, 0.2) is 89.3 Å². The molecule has 2 aliphatic heterocycles. The van der Waals surface area contributed by atoms with Crippen molar-refractivity contribution in [2.45, 2.75) is 52.7 Å². The fraction of sp³-hybridized carbons (Fsp3) is 0.333. The second-order valence-corrected chi connectivity index (χ2v) is 9.09. The van der Waals surface area contributed by atoms with Crippen molar-refractivity contribution in [1.29, 1.82) is 0 Å². The van der Waals surface area contributed by atoms with Crippen LogP contribution in [0.2, 0.25) is 0 Å². The molecule has 0 aliphatic carbocycles. The van der Waals surface area contributed by atoms with E-state index < -0.39 is 0 Å². The quantitative estimate of drug-likeness (QED) is 0.327. The van der Waals surface area contributed by atoms with Crippen molar-refractivity contribution in [2.75, 3.05) is 13.7 Å². The fourth-order valence-electron chi connectivity index (χ4n) is 4.65. The number of esters is 1. The number of hydrogen-bond acceptors (Lipinski definition) is 5. The third kappa shape index (κ3) is 5.73. The number of unbranched alkanes of at least 4 members (excludes halogenated alkanes) is 1. The highest BCUT2D eigenvalue weighted by Crippen LogP contribution is 2.32. The number of rotatable bonds is 9. The van der Waals surface area contributed by atoms with Crippen LogP contribution in [0.4, 0.5) is 0 Å². The minimum absolute atomic E-state index is 0.161. The Labute approximate surface area is 209 Å². The minimum Gasteiger partial charge on any atom is -0.463 e. The zero-order valence-corrected chi connectivity index (χ0v) is 21.2. The number of nitrogens with zero attached hydrogens (tertiary/aromatic N) is 3. The summed E-state index contributed by atoms with van der Waals surface area (Å²) in [5, 5.41) is 0. The molecule has 0 fully saturated rings. The summed E-state index contributed by atoms with van der Waals surface area (Å²) in [6.07, 6.45) is 9.43. The van der Waals surface area contributed by atoms with Gasteiger partial charge in [-0.15, -0.1) is 0 Å². The van der Waals surface area contributed by atoms with Crippen LogP contribution in [-0.4, -0.2) is 41.3 Å². The average Bonchev–Trinajstić information content (AvgIpc) is 3.20. The molecule has 182 valence electrons. The molecule has 35 heavy (non-hydrogen) atoms. The summed E-state index contributed by atoms with van der Waals surface area (Å²) in [5.41, 5.74) is 7.58. The number of carbonyl (C=O) groups excluding carboxylic acids is 1. The first kappa shape index (κ1) is 24.5. The number of aliphatic imine (C=N–C) groups is 1. The molecule has 2 heterocycles. The Bertz CT molecular complexity index is 1160. The number of ether oxygens (including phenoxy) is 1. The first-order valence-electron chi connectivity index (χ1n) is 12.5. The SMILES string of the molecule is CCCCC1N=C2C(C)=CN(C)C=C2N1Cc1ccc(C(=CC(=O)OCC)c2ccccc2)cc1. The van der Waals surface area contributed by atoms with E-state index in [0.717, 1.165) is 48.2 Å². The molecule has 0 N–H and O–H groups in total. The highest BCUT2D eigenvalue weighted by molar-refractivity contribution is 6.13. The van der Waals surface area contributed by atoms with Gasteiger partial charge >= 0.3 is 5.97 Å². The Kier molecular flexibility index (Phi) is 7.86. The maximum Gasteiger partial charge on any atom is 0.331 e.